The number of benzene rings is 2. The molecule has 2 aromatic carbocycles. The molecular formula is C18H18ClN3O2S. The molecule has 2 amide bonds. The molecule has 0 aliphatic carbocycles. The molecule has 0 bridgehead atoms. The van der Waals surface area contributed by atoms with E-state index in [9.17, 15) is 9.59 Å². The molecule has 0 heterocycles. The standard InChI is InChI=1S/C18H18ClN3O2S/c1-12-3-6-14(9-16(12)19)21-17(23)10-18(24)22-20-11-13-4-7-15(25-2)8-5-13/h3-9,11H,10H2,1-2H3,(H,21,23)(H,22,24). The van der Waals surface area contributed by atoms with Gasteiger partial charge in [-0.2, -0.15) is 5.10 Å². The summed E-state index contributed by atoms with van der Waals surface area (Å²) in [5.41, 5.74) is 4.65. The zero-order chi connectivity index (χ0) is 18.2. The molecule has 130 valence electrons. The van der Waals surface area contributed by atoms with Crippen LogP contribution in [0.1, 0.15) is 17.5 Å². The van der Waals surface area contributed by atoms with E-state index < -0.39 is 11.8 Å². The normalized spacial score (nSPS) is 10.7. The maximum absolute atomic E-state index is 11.9. The number of nitrogens with zero attached hydrogens (tertiary/aromatic N) is 1. The number of anilines is 1. The fourth-order valence-corrected chi connectivity index (χ4v) is 2.52. The van der Waals surface area contributed by atoms with Gasteiger partial charge >= 0.3 is 0 Å². The Kier molecular flexibility index (Phi) is 7.03. The smallest absolute Gasteiger partial charge is 0.249 e. The van der Waals surface area contributed by atoms with Gasteiger partial charge in [0.05, 0.1) is 6.21 Å². The van der Waals surface area contributed by atoms with Crippen LogP contribution < -0.4 is 10.7 Å². The number of hydrogen-bond acceptors (Lipinski definition) is 4. The Bertz CT molecular complexity index is 791. The summed E-state index contributed by atoms with van der Waals surface area (Å²) in [6, 6.07) is 12.9. The third kappa shape index (κ3) is 6.25. The van der Waals surface area contributed by atoms with Crippen LogP contribution in [0.3, 0.4) is 0 Å². The quantitative estimate of drug-likeness (QED) is 0.348. The molecule has 0 aliphatic rings. The maximum atomic E-state index is 11.9. The molecule has 0 saturated carbocycles. The van der Waals surface area contributed by atoms with Gasteiger partial charge in [-0.15, -0.1) is 11.8 Å². The van der Waals surface area contributed by atoms with Crippen molar-refractivity contribution >= 4 is 47.1 Å². The number of rotatable bonds is 6. The second-order valence-electron chi connectivity index (χ2n) is 5.26. The summed E-state index contributed by atoms with van der Waals surface area (Å²) in [5, 5.41) is 7.03. The Balaban J connectivity index is 1.81. The molecule has 2 N–H and O–H groups in total. The second kappa shape index (κ2) is 9.25. The van der Waals surface area contributed by atoms with Gasteiger partial charge in [-0.25, -0.2) is 5.43 Å². The van der Waals surface area contributed by atoms with E-state index in [1.165, 1.54) is 6.21 Å². The van der Waals surface area contributed by atoms with Gasteiger partial charge in [-0.3, -0.25) is 9.59 Å². The average Bonchev–Trinajstić information content (AvgIpc) is 2.58. The van der Waals surface area contributed by atoms with Crippen LogP contribution in [0.25, 0.3) is 0 Å². The first-order valence-electron chi connectivity index (χ1n) is 7.50. The number of aryl methyl sites for hydroxylation is 1. The van der Waals surface area contributed by atoms with Crippen molar-refractivity contribution in [3.8, 4) is 0 Å². The van der Waals surface area contributed by atoms with Crippen molar-refractivity contribution in [1.29, 1.82) is 0 Å². The average molecular weight is 376 g/mol. The summed E-state index contributed by atoms with van der Waals surface area (Å²) in [5.74, 6) is -0.926. The van der Waals surface area contributed by atoms with Crippen LogP contribution in [0.2, 0.25) is 5.02 Å². The van der Waals surface area contributed by atoms with Crippen LogP contribution in [0.15, 0.2) is 52.5 Å². The summed E-state index contributed by atoms with van der Waals surface area (Å²) < 4.78 is 0. The van der Waals surface area contributed by atoms with E-state index in [1.807, 2.05) is 37.4 Å². The second-order valence-corrected chi connectivity index (χ2v) is 6.54. The van der Waals surface area contributed by atoms with E-state index in [2.05, 4.69) is 15.8 Å². The summed E-state index contributed by atoms with van der Waals surface area (Å²) in [7, 11) is 0. The zero-order valence-electron chi connectivity index (χ0n) is 13.9. The minimum Gasteiger partial charge on any atom is -0.326 e. The molecule has 0 aromatic heterocycles. The fraction of sp³-hybridized carbons (Fsp3) is 0.167. The largest absolute Gasteiger partial charge is 0.326 e. The number of hydrogen-bond donors (Lipinski definition) is 2. The van der Waals surface area contributed by atoms with Crippen LogP contribution in [-0.4, -0.2) is 24.3 Å². The van der Waals surface area contributed by atoms with Crippen molar-refractivity contribution in [2.45, 2.75) is 18.2 Å². The fourth-order valence-electron chi connectivity index (χ4n) is 1.93. The van der Waals surface area contributed by atoms with E-state index >= 15 is 0 Å². The van der Waals surface area contributed by atoms with Crippen molar-refractivity contribution in [2.75, 3.05) is 11.6 Å². The maximum Gasteiger partial charge on any atom is 0.249 e. The number of halogens is 1. The lowest BCUT2D eigenvalue weighted by atomic mass is 10.2. The van der Waals surface area contributed by atoms with Gasteiger partial charge in [0, 0.05) is 15.6 Å². The first-order chi connectivity index (χ1) is 12.0. The van der Waals surface area contributed by atoms with Crippen LogP contribution in [0, 0.1) is 6.92 Å². The zero-order valence-corrected chi connectivity index (χ0v) is 15.4. The van der Waals surface area contributed by atoms with Crippen molar-refractivity contribution < 1.29 is 9.59 Å². The lowest BCUT2D eigenvalue weighted by Crippen LogP contribution is -2.24. The highest BCUT2D eigenvalue weighted by Gasteiger charge is 2.09. The molecule has 0 radical (unpaired) electrons. The van der Waals surface area contributed by atoms with Gasteiger partial charge in [0.2, 0.25) is 11.8 Å². The lowest BCUT2D eigenvalue weighted by molar-refractivity contribution is -0.126. The molecule has 0 saturated heterocycles. The predicted molar refractivity (Wildman–Crippen MR) is 103 cm³/mol. The summed E-state index contributed by atoms with van der Waals surface area (Å²) in [4.78, 5) is 24.7. The van der Waals surface area contributed by atoms with Gasteiger partial charge in [-0.1, -0.05) is 29.8 Å². The first kappa shape index (κ1) is 19.0. The van der Waals surface area contributed by atoms with E-state index in [0.29, 0.717) is 10.7 Å². The van der Waals surface area contributed by atoms with Gasteiger partial charge in [0.1, 0.15) is 6.42 Å². The third-order valence-corrected chi connectivity index (χ3v) is 4.45. The molecule has 25 heavy (non-hydrogen) atoms. The summed E-state index contributed by atoms with van der Waals surface area (Å²) in [6.07, 6.45) is 3.20. The SMILES string of the molecule is CSc1ccc(C=NNC(=O)CC(=O)Nc2ccc(C)c(Cl)c2)cc1. The molecule has 7 heteroatoms. The molecule has 0 aliphatic heterocycles. The molecule has 0 fully saturated rings. The molecular weight excluding hydrogens is 358 g/mol. The number of thioether (sulfide) groups is 1. The number of carbonyl (C=O) groups excluding carboxylic acids is 2. The van der Waals surface area contributed by atoms with Crippen LogP contribution >= 0.6 is 23.4 Å². The first-order valence-corrected chi connectivity index (χ1v) is 9.10. The van der Waals surface area contributed by atoms with Crippen molar-refractivity contribution in [2.24, 2.45) is 5.10 Å². The Morgan fingerprint density at radius 3 is 2.52 bits per heavy atom. The molecule has 5 nitrogen and oxygen atoms in total. The van der Waals surface area contributed by atoms with Crippen molar-refractivity contribution in [3.05, 3.63) is 58.6 Å². The van der Waals surface area contributed by atoms with Crippen molar-refractivity contribution in [3.63, 3.8) is 0 Å². The Morgan fingerprint density at radius 1 is 1.16 bits per heavy atom. The Morgan fingerprint density at radius 2 is 1.88 bits per heavy atom. The van der Waals surface area contributed by atoms with Gasteiger partial charge in [0.25, 0.3) is 0 Å². The van der Waals surface area contributed by atoms with E-state index in [4.69, 9.17) is 11.6 Å². The number of amides is 2. The highest BCUT2D eigenvalue weighted by molar-refractivity contribution is 7.98. The highest BCUT2D eigenvalue weighted by atomic mass is 35.5. The molecule has 0 unspecified atom stereocenters. The number of hydrazone groups is 1. The minimum atomic E-state index is -0.493. The number of nitrogens with one attached hydrogen (secondary N) is 2. The summed E-state index contributed by atoms with van der Waals surface area (Å²) in [6.45, 7) is 1.87. The highest BCUT2D eigenvalue weighted by Crippen LogP contribution is 2.20. The topological polar surface area (TPSA) is 70.6 Å². The Hall–Kier alpha value is -2.31. The molecule has 0 spiro atoms. The van der Waals surface area contributed by atoms with E-state index in [1.54, 1.807) is 30.0 Å². The van der Waals surface area contributed by atoms with Gasteiger partial charge < -0.3 is 5.32 Å². The summed E-state index contributed by atoms with van der Waals surface area (Å²) >= 11 is 7.65. The van der Waals surface area contributed by atoms with Gasteiger partial charge in [-0.05, 0) is 48.6 Å². The lowest BCUT2D eigenvalue weighted by Gasteiger charge is -2.06. The minimum absolute atomic E-state index is 0.325. The van der Waals surface area contributed by atoms with Crippen LogP contribution in [0.4, 0.5) is 5.69 Å². The van der Waals surface area contributed by atoms with Crippen molar-refractivity contribution in [1.82, 2.24) is 5.43 Å². The van der Waals surface area contributed by atoms with Gasteiger partial charge in [0.15, 0.2) is 0 Å². The van der Waals surface area contributed by atoms with E-state index in [-0.39, 0.29) is 6.42 Å². The molecule has 2 aromatic rings. The molecule has 0 atom stereocenters. The van der Waals surface area contributed by atoms with Crippen LogP contribution in [-0.2, 0) is 9.59 Å². The Labute approximate surface area is 155 Å². The van der Waals surface area contributed by atoms with E-state index in [0.717, 1.165) is 16.0 Å². The molecule has 2 rings (SSSR count). The number of carbonyl (C=O) groups is 2. The third-order valence-electron chi connectivity index (χ3n) is 3.30. The predicted octanol–water partition coefficient (Wildman–Crippen LogP) is 3.85. The van der Waals surface area contributed by atoms with Crippen LogP contribution in [0.5, 0.6) is 0 Å². The monoisotopic (exact) mass is 375 g/mol.